The van der Waals surface area contributed by atoms with E-state index in [9.17, 15) is 14.4 Å². The van der Waals surface area contributed by atoms with Gasteiger partial charge in [0.05, 0.1) is 0 Å². The van der Waals surface area contributed by atoms with Crippen LogP contribution in [0.3, 0.4) is 0 Å². The van der Waals surface area contributed by atoms with Gasteiger partial charge in [0.15, 0.2) is 0 Å². The van der Waals surface area contributed by atoms with Gasteiger partial charge in [-0.15, -0.1) is 0 Å². The predicted octanol–water partition coefficient (Wildman–Crippen LogP) is 1.33. The molecule has 1 heterocycles. The van der Waals surface area contributed by atoms with Gasteiger partial charge in [-0.1, -0.05) is 0 Å². The van der Waals surface area contributed by atoms with Gasteiger partial charge in [0.1, 0.15) is 6.04 Å². The van der Waals surface area contributed by atoms with Crippen molar-refractivity contribution < 1.29 is 19.5 Å². The summed E-state index contributed by atoms with van der Waals surface area (Å²) in [6, 6.07) is 5.69. The highest BCUT2D eigenvalue weighted by molar-refractivity contribution is 5.97. The molecule has 0 bridgehead atoms. The number of rotatable bonds is 3. The van der Waals surface area contributed by atoms with Gasteiger partial charge in [0.25, 0.3) is 5.91 Å². The number of hydrogen-bond donors (Lipinski definition) is 2. The Morgan fingerprint density at radius 3 is 2.45 bits per heavy atom. The molecule has 0 aromatic heterocycles. The Kier molecular flexibility index (Phi) is 4.02. The summed E-state index contributed by atoms with van der Waals surface area (Å²) in [7, 11) is 0. The molecule has 1 aliphatic heterocycles. The molecule has 0 unspecified atom stereocenters. The van der Waals surface area contributed by atoms with Crippen LogP contribution in [0.15, 0.2) is 24.3 Å². The highest BCUT2D eigenvalue weighted by Gasteiger charge is 2.34. The maximum atomic E-state index is 12.3. The molecule has 0 aliphatic carbocycles. The quantitative estimate of drug-likeness (QED) is 0.872. The van der Waals surface area contributed by atoms with Gasteiger partial charge in [-0.3, -0.25) is 9.59 Å². The van der Waals surface area contributed by atoms with E-state index in [1.807, 2.05) is 0 Å². The number of hydrogen-bond acceptors (Lipinski definition) is 3. The summed E-state index contributed by atoms with van der Waals surface area (Å²) in [5, 5.41) is 11.7. The van der Waals surface area contributed by atoms with E-state index >= 15 is 0 Å². The predicted molar refractivity (Wildman–Crippen MR) is 72.4 cm³/mol. The van der Waals surface area contributed by atoms with Gasteiger partial charge in [-0.05, 0) is 37.1 Å². The first-order valence-electron chi connectivity index (χ1n) is 6.40. The maximum Gasteiger partial charge on any atom is 0.326 e. The molecule has 106 valence electrons. The summed E-state index contributed by atoms with van der Waals surface area (Å²) in [6.07, 6.45) is 1.19. The van der Waals surface area contributed by atoms with E-state index in [1.54, 1.807) is 24.3 Å². The number of nitrogens with zero attached hydrogens (tertiary/aromatic N) is 1. The smallest absolute Gasteiger partial charge is 0.326 e. The van der Waals surface area contributed by atoms with E-state index in [2.05, 4.69) is 5.32 Å². The van der Waals surface area contributed by atoms with E-state index in [-0.39, 0.29) is 11.8 Å². The second kappa shape index (κ2) is 5.73. The van der Waals surface area contributed by atoms with Crippen LogP contribution in [0.1, 0.15) is 30.1 Å². The molecular weight excluding hydrogens is 260 g/mol. The number of carboxylic acid groups (broad SMARTS) is 1. The molecule has 1 fully saturated rings. The summed E-state index contributed by atoms with van der Waals surface area (Å²) < 4.78 is 0. The molecule has 6 nitrogen and oxygen atoms in total. The van der Waals surface area contributed by atoms with Crippen LogP contribution in [0.25, 0.3) is 0 Å². The summed E-state index contributed by atoms with van der Waals surface area (Å²) >= 11 is 0. The number of carbonyl (C=O) groups excluding carboxylic acids is 2. The number of carbonyl (C=O) groups is 3. The monoisotopic (exact) mass is 276 g/mol. The van der Waals surface area contributed by atoms with Gasteiger partial charge >= 0.3 is 5.97 Å². The molecule has 0 saturated carbocycles. The first-order valence-corrected chi connectivity index (χ1v) is 6.40. The van der Waals surface area contributed by atoms with Crippen molar-refractivity contribution in [1.82, 2.24) is 4.90 Å². The van der Waals surface area contributed by atoms with Crippen molar-refractivity contribution in [3.05, 3.63) is 29.8 Å². The van der Waals surface area contributed by atoms with Crippen LogP contribution in [0.5, 0.6) is 0 Å². The fourth-order valence-electron chi connectivity index (χ4n) is 2.33. The number of anilines is 1. The van der Waals surface area contributed by atoms with Gasteiger partial charge in [-0.2, -0.15) is 0 Å². The lowest BCUT2D eigenvalue weighted by Crippen LogP contribution is -2.40. The highest BCUT2D eigenvalue weighted by atomic mass is 16.4. The summed E-state index contributed by atoms with van der Waals surface area (Å²) in [6.45, 7) is 1.87. The Bertz CT molecular complexity index is 539. The second-order valence-corrected chi connectivity index (χ2v) is 4.75. The van der Waals surface area contributed by atoms with Gasteiger partial charge in [0.2, 0.25) is 5.91 Å². The van der Waals surface area contributed by atoms with Crippen molar-refractivity contribution in [3.8, 4) is 0 Å². The molecule has 2 amide bonds. The summed E-state index contributed by atoms with van der Waals surface area (Å²) in [5.74, 6) is -1.44. The SMILES string of the molecule is CC(=O)Nc1ccc(C(=O)N2CCC[C@H]2C(=O)O)cc1. The van der Waals surface area contributed by atoms with E-state index < -0.39 is 12.0 Å². The van der Waals surface area contributed by atoms with Crippen molar-refractivity contribution in [2.75, 3.05) is 11.9 Å². The van der Waals surface area contributed by atoms with Gasteiger partial charge in [-0.25, -0.2) is 4.79 Å². The van der Waals surface area contributed by atoms with E-state index in [4.69, 9.17) is 5.11 Å². The van der Waals surface area contributed by atoms with Crippen LogP contribution in [0.4, 0.5) is 5.69 Å². The minimum absolute atomic E-state index is 0.186. The molecule has 1 aromatic rings. The zero-order valence-electron chi connectivity index (χ0n) is 11.1. The zero-order chi connectivity index (χ0) is 14.7. The van der Waals surface area contributed by atoms with E-state index in [1.165, 1.54) is 11.8 Å². The lowest BCUT2D eigenvalue weighted by molar-refractivity contribution is -0.141. The molecule has 1 aromatic carbocycles. The fourth-order valence-corrected chi connectivity index (χ4v) is 2.33. The lowest BCUT2D eigenvalue weighted by atomic mass is 10.1. The topological polar surface area (TPSA) is 86.7 Å². The molecule has 1 aliphatic rings. The lowest BCUT2D eigenvalue weighted by Gasteiger charge is -2.21. The van der Waals surface area contributed by atoms with Gasteiger partial charge < -0.3 is 15.3 Å². The van der Waals surface area contributed by atoms with Crippen LogP contribution in [0.2, 0.25) is 0 Å². The Morgan fingerprint density at radius 1 is 1.25 bits per heavy atom. The van der Waals surface area contributed by atoms with Crippen LogP contribution < -0.4 is 5.32 Å². The average molecular weight is 276 g/mol. The van der Waals surface area contributed by atoms with Gasteiger partial charge in [0, 0.05) is 24.7 Å². The summed E-state index contributed by atoms with van der Waals surface area (Å²) in [5.41, 5.74) is 1.03. The molecular formula is C14H16N2O4. The number of benzene rings is 1. The standard InChI is InChI=1S/C14H16N2O4/c1-9(17)15-11-6-4-10(5-7-11)13(18)16-8-2-3-12(16)14(19)20/h4-7,12H,2-3,8H2,1H3,(H,15,17)(H,19,20)/t12-/m0/s1. The number of likely N-dealkylation sites (tertiary alicyclic amines) is 1. The fraction of sp³-hybridized carbons (Fsp3) is 0.357. The molecule has 6 heteroatoms. The molecule has 2 rings (SSSR count). The number of carboxylic acids is 1. The minimum atomic E-state index is -0.967. The molecule has 0 spiro atoms. The normalized spacial score (nSPS) is 17.9. The van der Waals surface area contributed by atoms with Crippen molar-refractivity contribution in [1.29, 1.82) is 0 Å². The Balaban J connectivity index is 2.13. The highest BCUT2D eigenvalue weighted by Crippen LogP contribution is 2.21. The van der Waals surface area contributed by atoms with Crippen molar-refractivity contribution >= 4 is 23.5 Å². The number of aliphatic carboxylic acids is 1. The Labute approximate surface area is 116 Å². The van der Waals surface area contributed by atoms with Crippen LogP contribution in [-0.2, 0) is 9.59 Å². The van der Waals surface area contributed by atoms with E-state index in [0.717, 1.165) is 0 Å². The average Bonchev–Trinajstić information content (AvgIpc) is 2.87. The molecule has 0 radical (unpaired) electrons. The van der Waals surface area contributed by atoms with Crippen molar-refractivity contribution in [2.24, 2.45) is 0 Å². The summed E-state index contributed by atoms with van der Waals surface area (Å²) in [4.78, 5) is 35.6. The molecule has 20 heavy (non-hydrogen) atoms. The van der Waals surface area contributed by atoms with Crippen LogP contribution in [0, 0.1) is 0 Å². The third-order valence-corrected chi connectivity index (χ3v) is 3.25. The van der Waals surface area contributed by atoms with Crippen LogP contribution >= 0.6 is 0 Å². The maximum absolute atomic E-state index is 12.3. The van der Waals surface area contributed by atoms with Crippen molar-refractivity contribution in [2.45, 2.75) is 25.8 Å². The Hall–Kier alpha value is -2.37. The second-order valence-electron chi connectivity index (χ2n) is 4.75. The molecule has 2 N–H and O–H groups in total. The largest absolute Gasteiger partial charge is 0.480 e. The van der Waals surface area contributed by atoms with Crippen LogP contribution in [-0.4, -0.2) is 40.4 Å². The molecule has 1 saturated heterocycles. The Morgan fingerprint density at radius 2 is 1.90 bits per heavy atom. The minimum Gasteiger partial charge on any atom is -0.480 e. The third-order valence-electron chi connectivity index (χ3n) is 3.25. The molecule has 1 atom stereocenters. The van der Waals surface area contributed by atoms with Crippen molar-refractivity contribution in [3.63, 3.8) is 0 Å². The zero-order valence-corrected chi connectivity index (χ0v) is 11.1. The number of nitrogens with one attached hydrogen (secondary N) is 1. The first kappa shape index (κ1) is 14.0. The van der Waals surface area contributed by atoms with E-state index in [0.29, 0.717) is 30.6 Å². The number of amides is 2. The first-order chi connectivity index (χ1) is 9.49. The third kappa shape index (κ3) is 2.96.